The first-order valence-corrected chi connectivity index (χ1v) is 5.92. The predicted octanol–water partition coefficient (Wildman–Crippen LogP) is 2.06. The molecule has 0 aliphatic carbocycles. The van der Waals surface area contributed by atoms with Gasteiger partial charge in [0.1, 0.15) is 5.16 Å². The number of carbonyl (C=O) groups excluding carboxylic acids is 1. The molecule has 6 heteroatoms. The molecule has 1 N–H and O–H groups in total. The third-order valence-corrected chi connectivity index (χ3v) is 2.85. The summed E-state index contributed by atoms with van der Waals surface area (Å²) in [7, 11) is 1.32. The smallest absolute Gasteiger partial charge is 0.330 e. The number of alkyl halides is 1. The highest BCUT2D eigenvalue weighted by Gasteiger charge is 2.25. The number of hydrogen-bond acceptors (Lipinski definition) is 4. The highest BCUT2D eigenvalue weighted by atomic mass is 127. The molecule has 0 fully saturated rings. The van der Waals surface area contributed by atoms with Gasteiger partial charge in [0.15, 0.2) is 0 Å². The minimum atomic E-state index is -0.677. The van der Waals surface area contributed by atoms with Gasteiger partial charge in [-0.2, -0.15) is 0 Å². The Balaban J connectivity index is 2.38. The largest absolute Gasteiger partial charge is 0.466 e. The summed E-state index contributed by atoms with van der Waals surface area (Å²) in [5.41, 5.74) is 0. The molecule has 0 aromatic carbocycles. The van der Waals surface area contributed by atoms with Crippen LogP contribution in [0.4, 0.5) is 0 Å². The number of carbonyl (C=O) groups is 1. The number of dihydropyridines is 1. The van der Waals surface area contributed by atoms with E-state index >= 15 is 0 Å². The van der Waals surface area contributed by atoms with Gasteiger partial charge in [-0.1, -0.05) is 23.8 Å². The van der Waals surface area contributed by atoms with Gasteiger partial charge in [0.25, 0.3) is 0 Å². The Kier molecular flexibility index (Phi) is 5.30. The Bertz CT molecular complexity index is 354. The van der Waals surface area contributed by atoms with Crippen molar-refractivity contribution >= 4 is 40.2 Å². The molecule has 1 unspecified atom stereocenters. The number of methoxy groups -OCH3 is 1. The molecule has 1 aliphatic rings. The van der Waals surface area contributed by atoms with Gasteiger partial charge in [0, 0.05) is 6.08 Å². The van der Waals surface area contributed by atoms with E-state index in [0.29, 0.717) is 5.16 Å². The summed E-state index contributed by atoms with van der Waals surface area (Å²) in [4.78, 5) is 10.8. The predicted molar refractivity (Wildman–Crippen MR) is 70.1 cm³/mol. The average Bonchev–Trinajstić information content (AvgIpc) is 2.23. The van der Waals surface area contributed by atoms with Crippen LogP contribution in [0.15, 0.2) is 35.5 Å². The van der Waals surface area contributed by atoms with Gasteiger partial charge in [-0.25, -0.2) is 4.79 Å². The monoisotopic (exact) mass is 355 g/mol. The first kappa shape index (κ1) is 13.5. The van der Waals surface area contributed by atoms with E-state index in [2.05, 4.69) is 32.6 Å². The van der Waals surface area contributed by atoms with Gasteiger partial charge >= 0.3 is 5.97 Å². The Morgan fingerprint density at radius 3 is 3.12 bits per heavy atom. The Hall–Kier alpha value is -0.530. The van der Waals surface area contributed by atoms with Crippen LogP contribution in [-0.4, -0.2) is 23.4 Å². The molecule has 0 amide bonds. The maximum absolute atomic E-state index is 10.8. The molecule has 0 spiro atoms. The summed E-state index contributed by atoms with van der Waals surface area (Å²) in [6.07, 6.45) is 8.24. The molecular weight excluding hydrogens is 344 g/mol. The lowest BCUT2D eigenvalue weighted by Gasteiger charge is -2.27. The number of allylic oxidation sites excluding steroid dienone is 2. The number of ether oxygens (including phenoxy) is 2. The number of halogens is 2. The van der Waals surface area contributed by atoms with Crippen molar-refractivity contribution in [3.05, 3.63) is 35.5 Å². The fraction of sp³-hybridized carbons (Fsp3) is 0.300. The second kappa shape index (κ2) is 6.27. The number of nitrogens with one attached hydrogen (secondary N) is 1. The Labute approximate surface area is 112 Å². The van der Waals surface area contributed by atoms with E-state index < -0.39 is 9.70 Å². The molecule has 0 saturated carbocycles. The summed E-state index contributed by atoms with van der Waals surface area (Å²) in [5, 5.41) is 3.46. The second-order valence-electron chi connectivity index (χ2n) is 2.88. The van der Waals surface area contributed by atoms with Crippen molar-refractivity contribution in [3.63, 3.8) is 0 Å². The summed E-state index contributed by atoms with van der Waals surface area (Å²) in [6.45, 7) is 0.277. The highest BCUT2D eigenvalue weighted by molar-refractivity contribution is 14.1. The van der Waals surface area contributed by atoms with E-state index in [1.165, 1.54) is 13.2 Å². The normalized spacial score (nSPS) is 24.1. The molecule has 1 heterocycles. The fourth-order valence-corrected chi connectivity index (χ4v) is 2.02. The highest BCUT2D eigenvalue weighted by Crippen LogP contribution is 2.24. The van der Waals surface area contributed by atoms with E-state index in [1.807, 2.05) is 6.08 Å². The zero-order valence-electron chi connectivity index (χ0n) is 8.57. The summed E-state index contributed by atoms with van der Waals surface area (Å²) in [5.74, 6) is -0.406. The van der Waals surface area contributed by atoms with Crippen molar-refractivity contribution in [1.82, 2.24) is 5.32 Å². The number of rotatable bonds is 4. The van der Waals surface area contributed by atoms with Crippen LogP contribution >= 0.6 is 34.2 Å². The van der Waals surface area contributed by atoms with Gasteiger partial charge in [-0.3, -0.25) is 0 Å². The van der Waals surface area contributed by atoms with E-state index in [9.17, 15) is 4.79 Å². The van der Waals surface area contributed by atoms with Crippen LogP contribution in [0.25, 0.3) is 0 Å². The van der Waals surface area contributed by atoms with Gasteiger partial charge < -0.3 is 14.8 Å². The molecule has 1 rings (SSSR count). The standard InChI is InChI=1S/C10H11ClINO3/c1-15-9(14)5-3-7-16-10(12)6-2-4-8(11)13-10/h2-6,13H,7H2,1H3. The third kappa shape index (κ3) is 4.54. The van der Waals surface area contributed by atoms with Crippen LogP contribution in [-0.2, 0) is 14.3 Å². The summed E-state index contributed by atoms with van der Waals surface area (Å²) < 4.78 is 9.27. The van der Waals surface area contributed by atoms with Gasteiger partial charge in [0.2, 0.25) is 3.73 Å². The SMILES string of the molecule is COC(=O)C=CCOC1(I)C=CC=C(Cl)N1. The molecule has 1 aliphatic heterocycles. The van der Waals surface area contributed by atoms with Crippen molar-refractivity contribution in [1.29, 1.82) is 0 Å². The third-order valence-electron chi connectivity index (χ3n) is 1.69. The van der Waals surface area contributed by atoms with Gasteiger partial charge in [-0.05, 0) is 34.7 Å². The maximum atomic E-state index is 10.8. The molecule has 0 aromatic rings. The molecule has 16 heavy (non-hydrogen) atoms. The molecule has 0 aromatic heterocycles. The van der Waals surface area contributed by atoms with Crippen LogP contribution in [0.2, 0.25) is 0 Å². The average molecular weight is 356 g/mol. The van der Waals surface area contributed by atoms with Crippen LogP contribution < -0.4 is 5.32 Å². The minimum Gasteiger partial charge on any atom is -0.466 e. The molecule has 0 saturated heterocycles. The molecule has 0 radical (unpaired) electrons. The van der Waals surface area contributed by atoms with Crippen molar-refractivity contribution in [2.45, 2.75) is 3.73 Å². The van der Waals surface area contributed by atoms with E-state index in [0.717, 1.165) is 0 Å². The van der Waals surface area contributed by atoms with Crippen LogP contribution in [0.3, 0.4) is 0 Å². The van der Waals surface area contributed by atoms with Crippen LogP contribution in [0.5, 0.6) is 0 Å². The van der Waals surface area contributed by atoms with E-state index in [4.69, 9.17) is 16.3 Å². The summed E-state index contributed by atoms with van der Waals surface area (Å²) in [6, 6.07) is 0. The first-order valence-electron chi connectivity index (χ1n) is 4.46. The van der Waals surface area contributed by atoms with Gasteiger partial charge in [0.05, 0.1) is 13.7 Å². The topological polar surface area (TPSA) is 47.6 Å². The van der Waals surface area contributed by atoms with Crippen LogP contribution in [0.1, 0.15) is 0 Å². The van der Waals surface area contributed by atoms with E-state index in [1.54, 1.807) is 18.2 Å². The fourth-order valence-electron chi connectivity index (χ4n) is 0.968. The zero-order chi connectivity index (χ0) is 12.0. The van der Waals surface area contributed by atoms with Crippen LogP contribution in [0, 0.1) is 0 Å². The lowest BCUT2D eigenvalue weighted by molar-refractivity contribution is -0.134. The minimum absolute atomic E-state index is 0.277. The van der Waals surface area contributed by atoms with Crippen molar-refractivity contribution in [2.24, 2.45) is 0 Å². The lowest BCUT2D eigenvalue weighted by Crippen LogP contribution is -2.39. The van der Waals surface area contributed by atoms with Crippen molar-refractivity contribution < 1.29 is 14.3 Å². The van der Waals surface area contributed by atoms with Crippen molar-refractivity contribution in [3.8, 4) is 0 Å². The Morgan fingerprint density at radius 2 is 2.50 bits per heavy atom. The quantitative estimate of drug-likeness (QED) is 0.276. The first-order chi connectivity index (χ1) is 7.56. The lowest BCUT2D eigenvalue weighted by atomic mass is 10.3. The molecule has 88 valence electrons. The molecule has 1 atom stereocenters. The maximum Gasteiger partial charge on any atom is 0.330 e. The second-order valence-corrected chi connectivity index (χ2v) is 4.89. The number of esters is 1. The van der Waals surface area contributed by atoms with Crippen molar-refractivity contribution in [2.75, 3.05) is 13.7 Å². The summed E-state index contributed by atoms with van der Waals surface area (Å²) >= 11 is 7.88. The van der Waals surface area contributed by atoms with Gasteiger partial charge in [-0.15, -0.1) is 0 Å². The molecule has 4 nitrogen and oxygen atoms in total. The zero-order valence-corrected chi connectivity index (χ0v) is 11.5. The Morgan fingerprint density at radius 1 is 1.75 bits per heavy atom. The molecule has 0 bridgehead atoms. The molecular formula is C10H11ClINO3. The number of hydrogen-bond donors (Lipinski definition) is 1. The van der Waals surface area contributed by atoms with E-state index in [-0.39, 0.29) is 6.61 Å².